The van der Waals surface area contributed by atoms with Crippen LogP contribution < -0.4 is 16.2 Å². The van der Waals surface area contributed by atoms with Crippen LogP contribution in [0, 0.1) is 0 Å². The number of hydrogen-bond donors (Lipinski definition) is 4. The summed E-state index contributed by atoms with van der Waals surface area (Å²) in [6.07, 6.45) is -8.32. The lowest BCUT2D eigenvalue weighted by atomic mass is 10.0. The van der Waals surface area contributed by atoms with Gasteiger partial charge in [-0.15, -0.1) is 0 Å². The van der Waals surface area contributed by atoms with E-state index in [9.17, 15) is 31.1 Å². The van der Waals surface area contributed by atoms with Crippen molar-refractivity contribution in [2.24, 2.45) is 11.5 Å². The quantitative estimate of drug-likeness (QED) is 0.484. The fraction of sp³-hybridized carbons (Fsp3) is 0.438. The van der Waals surface area contributed by atoms with E-state index < -0.39 is 24.3 Å². The van der Waals surface area contributed by atoms with Crippen LogP contribution in [0.1, 0.15) is 18.4 Å². The molecule has 1 amide bonds. The maximum Gasteiger partial charge on any atom is 0.490 e. The molecule has 1 aromatic rings. The van der Waals surface area contributed by atoms with E-state index >= 15 is 0 Å². The van der Waals surface area contributed by atoms with E-state index in [2.05, 4.69) is 0 Å². The van der Waals surface area contributed by atoms with Crippen molar-refractivity contribution in [3.63, 3.8) is 0 Å². The third-order valence-electron chi connectivity index (χ3n) is 2.91. The van der Waals surface area contributed by atoms with Gasteiger partial charge in [0.05, 0.1) is 7.11 Å². The topological polar surface area (TPSA) is 153 Å². The van der Waals surface area contributed by atoms with Crippen molar-refractivity contribution in [1.82, 2.24) is 0 Å². The van der Waals surface area contributed by atoms with Crippen LogP contribution >= 0.6 is 0 Å². The second-order valence-electron chi connectivity index (χ2n) is 5.42. The number of hydrogen-bond acceptors (Lipinski definition) is 5. The van der Waals surface area contributed by atoms with Crippen molar-refractivity contribution in [2.45, 2.75) is 37.7 Å². The Balaban J connectivity index is 0. The van der Waals surface area contributed by atoms with Gasteiger partial charge in [-0.3, -0.25) is 4.79 Å². The van der Waals surface area contributed by atoms with E-state index in [0.717, 1.165) is 18.6 Å². The summed E-state index contributed by atoms with van der Waals surface area (Å²) >= 11 is 0. The monoisotopic (exact) mass is 450 g/mol. The first-order valence-corrected chi connectivity index (χ1v) is 7.77. The molecule has 0 fully saturated rings. The van der Waals surface area contributed by atoms with Crippen molar-refractivity contribution < 1.29 is 55.7 Å². The number of carboxylic acids is 2. The molecule has 0 saturated heterocycles. The van der Waals surface area contributed by atoms with Crippen LogP contribution in [-0.2, 0) is 20.8 Å². The number of halogens is 6. The maximum absolute atomic E-state index is 10.6. The van der Waals surface area contributed by atoms with Gasteiger partial charge in [-0.25, -0.2) is 9.59 Å². The van der Waals surface area contributed by atoms with E-state index in [1.54, 1.807) is 7.11 Å². The third kappa shape index (κ3) is 16.0. The second-order valence-corrected chi connectivity index (χ2v) is 5.42. The third-order valence-corrected chi connectivity index (χ3v) is 2.91. The number of nitrogens with two attached hydrogens (primary N) is 2. The summed E-state index contributed by atoms with van der Waals surface area (Å²) in [5.74, 6) is -5.02. The minimum atomic E-state index is -5.08. The molecule has 0 aliphatic heterocycles. The van der Waals surface area contributed by atoms with Gasteiger partial charge in [0.15, 0.2) is 0 Å². The Kier molecular flexibility index (Phi) is 12.9. The van der Waals surface area contributed by atoms with E-state index in [-0.39, 0.29) is 18.4 Å². The number of carbonyl (C=O) groups excluding carboxylic acids is 1. The molecule has 0 spiro atoms. The van der Waals surface area contributed by atoms with Crippen LogP contribution in [0.25, 0.3) is 0 Å². The van der Waals surface area contributed by atoms with Gasteiger partial charge in [0.2, 0.25) is 5.91 Å². The summed E-state index contributed by atoms with van der Waals surface area (Å²) in [7, 11) is 1.64. The van der Waals surface area contributed by atoms with Crippen molar-refractivity contribution in [3.05, 3.63) is 29.8 Å². The first-order valence-electron chi connectivity index (χ1n) is 7.77. The van der Waals surface area contributed by atoms with E-state index in [1.165, 1.54) is 5.56 Å². The van der Waals surface area contributed by atoms with Gasteiger partial charge >= 0.3 is 24.3 Å². The molecule has 1 rings (SSSR count). The maximum atomic E-state index is 10.6. The zero-order valence-corrected chi connectivity index (χ0v) is 15.5. The summed E-state index contributed by atoms with van der Waals surface area (Å²) < 4.78 is 68.5. The highest BCUT2D eigenvalue weighted by atomic mass is 19.4. The highest BCUT2D eigenvalue weighted by molar-refractivity contribution is 5.74. The molecule has 8 nitrogen and oxygen atoms in total. The smallest absolute Gasteiger partial charge is 0.490 e. The zero-order valence-electron chi connectivity index (χ0n) is 15.5. The average Bonchev–Trinajstić information content (AvgIpc) is 2.59. The number of carboxylic acid groups (broad SMARTS) is 2. The molecule has 0 radical (unpaired) electrons. The number of ether oxygens (including phenoxy) is 1. The molecule has 0 saturated carbocycles. The number of alkyl halides is 6. The molecule has 0 bridgehead atoms. The van der Waals surface area contributed by atoms with Gasteiger partial charge in [0, 0.05) is 12.5 Å². The fourth-order valence-corrected chi connectivity index (χ4v) is 1.50. The van der Waals surface area contributed by atoms with Gasteiger partial charge in [-0.05, 0) is 30.5 Å². The number of aryl methyl sites for hydroxylation is 1. The lowest BCUT2D eigenvalue weighted by Gasteiger charge is -2.09. The van der Waals surface area contributed by atoms with E-state index in [1.807, 2.05) is 24.3 Å². The number of carbonyl (C=O) groups is 3. The van der Waals surface area contributed by atoms with Gasteiger partial charge in [-0.2, -0.15) is 26.3 Å². The number of benzene rings is 1. The van der Waals surface area contributed by atoms with Crippen molar-refractivity contribution in [2.75, 3.05) is 7.11 Å². The molecule has 6 N–H and O–H groups in total. The van der Waals surface area contributed by atoms with Crippen LogP contribution in [0.2, 0.25) is 0 Å². The SMILES string of the molecule is COc1ccc(CCC(N)CC(N)=O)cc1.O=C(O)C(F)(F)F.O=C(O)C(F)(F)F. The molecule has 14 heteroatoms. The largest absolute Gasteiger partial charge is 0.497 e. The molecule has 172 valence electrons. The van der Waals surface area contributed by atoms with Gasteiger partial charge in [-0.1, -0.05) is 12.1 Å². The highest BCUT2D eigenvalue weighted by Gasteiger charge is 2.38. The molecule has 0 aliphatic carbocycles. The lowest BCUT2D eigenvalue weighted by Crippen LogP contribution is -2.27. The molecule has 0 aromatic heterocycles. The van der Waals surface area contributed by atoms with Crippen LogP contribution in [0.4, 0.5) is 26.3 Å². The summed E-state index contributed by atoms with van der Waals surface area (Å²) in [6.45, 7) is 0. The molecule has 1 unspecified atom stereocenters. The second kappa shape index (κ2) is 13.2. The Morgan fingerprint density at radius 3 is 1.60 bits per heavy atom. The number of primary amides is 1. The van der Waals surface area contributed by atoms with Crippen molar-refractivity contribution in [3.8, 4) is 5.75 Å². The standard InChI is InChI=1S/C12H18N2O2.2C2HF3O2/c1-16-11-6-3-9(4-7-11)2-5-10(13)8-12(14)15;2*3-2(4,5)1(6)7/h3-4,6-7,10H,2,5,8,13H2,1H3,(H2,14,15);2*(H,6,7). The average molecular weight is 450 g/mol. The molecule has 1 atom stereocenters. The fourth-order valence-electron chi connectivity index (χ4n) is 1.50. The van der Waals surface area contributed by atoms with Crippen molar-refractivity contribution in [1.29, 1.82) is 0 Å². The normalized spacial score (nSPS) is 11.7. The lowest BCUT2D eigenvalue weighted by molar-refractivity contribution is -0.193. The molecular formula is C16H20F6N2O6. The predicted octanol–water partition coefficient (Wildman–Crippen LogP) is 2.10. The predicted molar refractivity (Wildman–Crippen MR) is 90.5 cm³/mol. The Morgan fingerprint density at radius 2 is 1.33 bits per heavy atom. The molecule has 0 aliphatic rings. The van der Waals surface area contributed by atoms with Gasteiger partial charge in [0.25, 0.3) is 0 Å². The molecular weight excluding hydrogens is 430 g/mol. The van der Waals surface area contributed by atoms with Gasteiger partial charge < -0.3 is 26.4 Å². The number of amides is 1. The van der Waals surface area contributed by atoms with Crippen LogP contribution in [0.3, 0.4) is 0 Å². The summed E-state index contributed by atoms with van der Waals surface area (Å²) in [6, 6.07) is 7.66. The van der Waals surface area contributed by atoms with Gasteiger partial charge in [0.1, 0.15) is 5.75 Å². The number of rotatable bonds is 6. The van der Waals surface area contributed by atoms with E-state index in [0.29, 0.717) is 0 Å². The number of aliphatic carboxylic acids is 2. The summed E-state index contributed by atoms with van der Waals surface area (Å²) in [5, 5.41) is 14.2. The molecule has 30 heavy (non-hydrogen) atoms. The molecule has 0 heterocycles. The Bertz CT molecular complexity index is 652. The van der Waals surface area contributed by atoms with Crippen LogP contribution in [-0.4, -0.2) is 53.6 Å². The summed E-state index contributed by atoms with van der Waals surface area (Å²) in [5.41, 5.74) is 12.0. The Labute approximate surface area is 166 Å². The summed E-state index contributed by atoms with van der Waals surface area (Å²) in [4.78, 5) is 28.4. The minimum absolute atomic E-state index is 0.153. The van der Waals surface area contributed by atoms with E-state index in [4.69, 9.17) is 36.0 Å². The first-order chi connectivity index (χ1) is 13.5. The number of methoxy groups -OCH3 is 1. The first kappa shape index (κ1) is 29.2. The van der Waals surface area contributed by atoms with Crippen LogP contribution in [0.15, 0.2) is 24.3 Å². The Hall–Kier alpha value is -3.03. The van der Waals surface area contributed by atoms with Crippen molar-refractivity contribution >= 4 is 17.8 Å². The minimum Gasteiger partial charge on any atom is -0.497 e. The zero-order chi connectivity index (χ0) is 24.1. The highest BCUT2D eigenvalue weighted by Crippen LogP contribution is 2.14. The van der Waals surface area contributed by atoms with Crippen LogP contribution in [0.5, 0.6) is 5.75 Å². The Morgan fingerprint density at radius 1 is 0.967 bits per heavy atom. The molecule has 1 aromatic carbocycles.